The first-order chi connectivity index (χ1) is 4.81. The second-order valence-corrected chi connectivity index (χ2v) is 1.67. The van der Waals surface area contributed by atoms with Gasteiger partial charge in [-0.05, 0) is 6.42 Å². The summed E-state index contributed by atoms with van der Waals surface area (Å²) in [4.78, 5) is 19.8. The van der Waals surface area contributed by atoms with Crippen LogP contribution >= 0.6 is 0 Å². The molecule has 0 atom stereocenters. The Morgan fingerprint density at radius 1 is 1.60 bits per heavy atom. The van der Waals surface area contributed by atoms with Gasteiger partial charge in [0, 0.05) is 0 Å². The number of carbonyl (C=O) groups excluding carboxylic acids is 2. The van der Waals surface area contributed by atoms with Gasteiger partial charge in [-0.25, -0.2) is 4.79 Å². The lowest BCUT2D eigenvalue weighted by atomic mass is 10.4. The third-order valence-electron chi connectivity index (χ3n) is 0.862. The number of rotatable bonds is 4. The summed E-state index contributed by atoms with van der Waals surface area (Å²) >= 11 is 0. The SMILES string of the molecule is CCCCOC(=O)OC=O. The quantitative estimate of drug-likeness (QED) is 0.258. The predicted octanol–water partition coefficient (Wildman–Crippen LogP) is 1.10. The largest absolute Gasteiger partial charge is 0.515 e. The summed E-state index contributed by atoms with van der Waals surface area (Å²) in [5.74, 6) is 0. The molecule has 58 valence electrons. The Labute approximate surface area is 59.1 Å². The number of hydrogen-bond acceptors (Lipinski definition) is 4. The Balaban J connectivity index is 3.13. The van der Waals surface area contributed by atoms with E-state index in [1.54, 1.807) is 0 Å². The van der Waals surface area contributed by atoms with Crippen LogP contribution in [0.4, 0.5) is 4.79 Å². The lowest BCUT2D eigenvalue weighted by Crippen LogP contribution is -2.06. The molecule has 0 rings (SSSR count). The molecule has 0 N–H and O–H groups in total. The van der Waals surface area contributed by atoms with Crippen LogP contribution in [0.1, 0.15) is 19.8 Å². The Kier molecular flexibility index (Phi) is 5.42. The van der Waals surface area contributed by atoms with Crippen LogP contribution in [0.15, 0.2) is 0 Å². The summed E-state index contributed by atoms with van der Waals surface area (Å²) in [5, 5.41) is 0. The second-order valence-electron chi connectivity index (χ2n) is 1.67. The van der Waals surface area contributed by atoms with Crippen LogP contribution in [-0.2, 0) is 14.3 Å². The number of hydrogen-bond donors (Lipinski definition) is 0. The Morgan fingerprint density at radius 2 is 2.30 bits per heavy atom. The summed E-state index contributed by atoms with van der Waals surface area (Å²) in [6, 6.07) is 0. The minimum Gasteiger partial charge on any atom is -0.434 e. The molecule has 0 aliphatic carbocycles. The lowest BCUT2D eigenvalue weighted by Gasteiger charge is -1.98. The molecule has 0 aromatic heterocycles. The van der Waals surface area contributed by atoms with Crippen molar-refractivity contribution in [2.24, 2.45) is 0 Å². The van der Waals surface area contributed by atoms with Crippen LogP contribution in [0.2, 0.25) is 0 Å². The van der Waals surface area contributed by atoms with Crippen LogP contribution in [0.3, 0.4) is 0 Å². The fourth-order valence-corrected chi connectivity index (χ4v) is 0.373. The smallest absolute Gasteiger partial charge is 0.434 e. The van der Waals surface area contributed by atoms with Crippen molar-refractivity contribution in [2.45, 2.75) is 19.8 Å². The average molecular weight is 146 g/mol. The molecule has 0 aromatic rings. The van der Waals surface area contributed by atoms with E-state index in [4.69, 9.17) is 0 Å². The molecule has 0 saturated carbocycles. The Morgan fingerprint density at radius 3 is 2.80 bits per heavy atom. The fraction of sp³-hybridized carbons (Fsp3) is 0.667. The maximum Gasteiger partial charge on any atom is 0.515 e. The third-order valence-corrected chi connectivity index (χ3v) is 0.862. The van der Waals surface area contributed by atoms with E-state index in [9.17, 15) is 9.59 Å². The number of unbranched alkanes of at least 4 members (excludes halogenated alkanes) is 1. The molecule has 4 heteroatoms. The highest BCUT2D eigenvalue weighted by Crippen LogP contribution is 1.89. The van der Waals surface area contributed by atoms with Gasteiger partial charge in [0.1, 0.15) is 0 Å². The van der Waals surface area contributed by atoms with Gasteiger partial charge >= 0.3 is 12.6 Å². The molecule has 0 saturated heterocycles. The van der Waals surface area contributed by atoms with Crippen molar-refractivity contribution in [3.63, 3.8) is 0 Å². The van der Waals surface area contributed by atoms with Crippen molar-refractivity contribution in [2.75, 3.05) is 6.61 Å². The van der Waals surface area contributed by atoms with Gasteiger partial charge in [-0.15, -0.1) is 0 Å². The fourth-order valence-electron chi connectivity index (χ4n) is 0.373. The van der Waals surface area contributed by atoms with Crippen LogP contribution < -0.4 is 0 Å². The molecule has 0 amide bonds. The minimum atomic E-state index is -0.927. The topological polar surface area (TPSA) is 52.6 Å². The van der Waals surface area contributed by atoms with Crippen LogP contribution in [0.5, 0.6) is 0 Å². The van der Waals surface area contributed by atoms with E-state index in [2.05, 4.69) is 9.47 Å². The highest BCUT2D eigenvalue weighted by atomic mass is 16.7. The number of carbonyl (C=O) groups is 2. The lowest BCUT2D eigenvalue weighted by molar-refractivity contribution is -0.125. The molecule has 0 unspecified atom stereocenters. The molecule has 0 radical (unpaired) electrons. The zero-order chi connectivity index (χ0) is 7.82. The van der Waals surface area contributed by atoms with Gasteiger partial charge in [-0.2, -0.15) is 0 Å². The monoisotopic (exact) mass is 146 g/mol. The Bertz CT molecular complexity index is 110. The van der Waals surface area contributed by atoms with Crippen molar-refractivity contribution in [3.05, 3.63) is 0 Å². The standard InChI is InChI=1S/C6H10O4/c1-2-3-4-9-6(8)10-5-7/h5H,2-4H2,1H3. The highest BCUT2D eigenvalue weighted by Gasteiger charge is 1.99. The molecule has 4 nitrogen and oxygen atoms in total. The van der Waals surface area contributed by atoms with Gasteiger partial charge in [-0.1, -0.05) is 13.3 Å². The van der Waals surface area contributed by atoms with Crippen molar-refractivity contribution in [1.29, 1.82) is 0 Å². The van der Waals surface area contributed by atoms with Crippen molar-refractivity contribution in [1.82, 2.24) is 0 Å². The van der Waals surface area contributed by atoms with E-state index in [1.807, 2.05) is 6.92 Å². The van der Waals surface area contributed by atoms with Gasteiger partial charge in [-0.3, -0.25) is 4.79 Å². The number of ether oxygens (including phenoxy) is 2. The normalized spacial score (nSPS) is 8.50. The van der Waals surface area contributed by atoms with E-state index in [1.165, 1.54) is 0 Å². The van der Waals surface area contributed by atoms with E-state index >= 15 is 0 Å². The summed E-state index contributed by atoms with van der Waals surface area (Å²) in [6.45, 7) is 2.33. The third kappa shape index (κ3) is 5.08. The molecule has 0 aliphatic heterocycles. The molecule has 0 fully saturated rings. The molecular formula is C6H10O4. The minimum absolute atomic E-state index is 0.0499. The van der Waals surface area contributed by atoms with Crippen molar-refractivity contribution in [3.8, 4) is 0 Å². The molecule has 10 heavy (non-hydrogen) atoms. The van der Waals surface area contributed by atoms with Gasteiger partial charge in [0.05, 0.1) is 6.61 Å². The highest BCUT2D eigenvalue weighted by molar-refractivity contribution is 5.69. The summed E-state index contributed by atoms with van der Waals surface area (Å²) in [6.07, 6.45) is 0.797. The van der Waals surface area contributed by atoms with Gasteiger partial charge in [0.15, 0.2) is 0 Å². The van der Waals surface area contributed by atoms with Crippen molar-refractivity contribution >= 4 is 12.6 Å². The van der Waals surface area contributed by atoms with Crippen LogP contribution in [0, 0.1) is 0 Å². The first-order valence-corrected chi connectivity index (χ1v) is 3.08. The maximum atomic E-state index is 10.2. The zero-order valence-electron chi connectivity index (χ0n) is 5.83. The van der Waals surface area contributed by atoms with Crippen LogP contribution in [-0.4, -0.2) is 19.2 Å². The van der Waals surface area contributed by atoms with E-state index in [-0.39, 0.29) is 6.47 Å². The first-order valence-electron chi connectivity index (χ1n) is 3.08. The summed E-state index contributed by atoms with van der Waals surface area (Å²) in [7, 11) is 0. The molecule has 0 aliphatic rings. The van der Waals surface area contributed by atoms with Crippen molar-refractivity contribution < 1.29 is 19.1 Å². The second kappa shape index (κ2) is 6.07. The maximum absolute atomic E-state index is 10.2. The van der Waals surface area contributed by atoms with E-state index in [0.717, 1.165) is 12.8 Å². The average Bonchev–Trinajstić information content (AvgIpc) is 1.89. The van der Waals surface area contributed by atoms with Crippen LogP contribution in [0.25, 0.3) is 0 Å². The summed E-state index contributed by atoms with van der Waals surface area (Å²) < 4.78 is 8.28. The summed E-state index contributed by atoms with van der Waals surface area (Å²) in [5.41, 5.74) is 0. The van der Waals surface area contributed by atoms with E-state index < -0.39 is 6.16 Å². The van der Waals surface area contributed by atoms with Gasteiger partial charge < -0.3 is 9.47 Å². The zero-order valence-corrected chi connectivity index (χ0v) is 5.83. The first kappa shape index (κ1) is 8.94. The van der Waals surface area contributed by atoms with E-state index in [0.29, 0.717) is 6.61 Å². The molecule has 0 heterocycles. The Hall–Kier alpha value is -1.06. The van der Waals surface area contributed by atoms with Gasteiger partial charge in [0.25, 0.3) is 0 Å². The van der Waals surface area contributed by atoms with Gasteiger partial charge in [0.2, 0.25) is 0 Å². The molecular weight excluding hydrogens is 136 g/mol. The molecule has 0 spiro atoms. The molecule has 0 aromatic carbocycles. The predicted molar refractivity (Wildman–Crippen MR) is 33.4 cm³/mol. The molecule has 0 bridgehead atoms.